The molecule has 2 N–H and O–H groups in total. The molecule has 2 aliphatic heterocycles. The molecule has 0 aromatic heterocycles. The van der Waals surface area contributed by atoms with Crippen molar-refractivity contribution < 1.29 is 18.0 Å². The third-order valence-electron chi connectivity index (χ3n) is 6.26. The molecule has 33 heavy (non-hydrogen) atoms. The van der Waals surface area contributed by atoms with Crippen LogP contribution in [0, 0.1) is 0 Å². The number of nitrogens with zero attached hydrogens (tertiary/aromatic N) is 2. The van der Waals surface area contributed by atoms with Gasteiger partial charge in [0.1, 0.15) is 0 Å². The quantitative estimate of drug-likeness (QED) is 0.648. The van der Waals surface area contributed by atoms with Crippen LogP contribution in [0.5, 0.6) is 0 Å². The predicted molar refractivity (Wildman–Crippen MR) is 126 cm³/mol. The number of sulfonamides is 1. The molecule has 2 heterocycles. The lowest BCUT2D eigenvalue weighted by Gasteiger charge is -2.23. The summed E-state index contributed by atoms with van der Waals surface area (Å²) in [5.74, 6) is -0.190. The molecule has 0 saturated carbocycles. The van der Waals surface area contributed by atoms with E-state index in [9.17, 15) is 18.0 Å². The summed E-state index contributed by atoms with van der Waals surface area (Å²) in [6.45, 7) is 5.34. The zero-order valence-electron chi connectivity index (χ0n) is 18.8. The molecule has 0 bridgehead atoms. The van der Waals surface area contributed by atoms with Crippen molar-refractivity contribution in [2.75, 3.05) is 31.5 Å². The third kappa shape index (κ3) is 5.79. The summed E-state index contributed by atoms with van der Waals surface area (Å²) in [4.78, 5) is 28.5. The molecular weight excluding hydrogens is 440 g/mol. The molecule has 2 aliphatic rings. The lowest BCUT2D eigenvalue weighted by molar-refractivity contribution is -0.114. The highest BCUT2D eigenvalue weighted by Crippen LogP contribution is 2.22. The number of anilines is 1. The summed E-state index contributed by atoms with van der Waals surface area (Å²) in [6.07, 6.45) is 3.52. The summed E-state index contributed by atoms with van der Waals surface area (Å²) in [7, 11) is -3.70. The Kier molecular flexibility index (Phi) is 7.11. The fourth-order valence-corrected chi connectivity index (χ4v) is 5.48. The molecule has 1 unspecified atom stereocenters. The first-order valence-corrected chi connectivity index (χ1v) is 12.8. The Labute approximate surface area is 195 Å². The minimum absolute atomic E-state index is 0.0306. The molecule has 2 aromatic rings. The van der Waals surface area contributed by atoms with Crippen LogP contribution in [0.1, 0.15) is 42.1 Å². The lowest BCUT2D eigenvalue weighted by Crippen LogP contribution is -2.37. The van der Waals surface area contributed by atoms with Gasteiger partial charge >= 0.3 is 0 Å². The van der Waals surface area contributed by atoms with Crippen LogP contribution in [0.15, 0.2) is 53.4 Å². The molecule has 176 valence electrons. The second-order valence-electron chi connectivity index (χ2n) is 8.66. The van der Waals surface area contributed by atoms with Crippen molar-refractivity contribution in [2.45, 2.75) is 43.7 Å². The Morgan fingerprint density at radius 1 is 0.970 bits per heavy atom. The fourth-order valence-electron chi connectivity index (χ4n) is 4.46. The van der Waals surface area contributed by atoms with Crippen molar-refractivity contribution in [3.8, 4) is 0 Å². The van der Waals surface area contributed by atoms with Gasteiger partial charge in [0.2, 0.25) is 15.9 Å². The number of carbonyl (C=O) groups is 2. The Morgan fingerprint density at radius 2 is 1.64 bits per heavy atom. The van der Waals surface area contributed by atoms with Crippen LogP contribution in [0.3, 0.4) is 0 Å². The normalized spacial score (nSPS) is 19.1. The van der Waals surface area contributed by atoms with Gasteiger partial charge in [-0.15, -0.1) is 0 Å². The molecule has 0 radical (unpaired) electrons. The number of hydrogen-bond donors (Lipinski definition) is 2. The Hall–Kier alpha value is -2.75. The van der Waals surface area contributed by atoms with E-state index in [0.29, 0.717) is 17.3 Å². The molecule has 1 atom stereocenters. The van der Waals surface area contributed by atoms with Crippen LogP contribution in [0.25, 0.3) is 0 Å². The standard InChI is InChI=1S/C24H30N4O4S/c1-18(29)26-21-8-10-23(11-9-21)33(31,32)25-16-19-4-6-20(7-5-19)24(30)28-15-12-22(17-28)27-13-2-3-14-27/h4-11,22,25H,2-3,12-17H2,1H3,(H,26,29). The molecule has 4 rings (SSSR count). The van der Waals surface area contributed by atoms with Crippen LogP contribution in [0.2, 0.25) is 0 Å². The summed E-state index contributed by atoms with van der Waals surface area (Å²) in [5.41, 5.74) is 1.92. The number of benzene rings is 2. The van der Waals surface area contributed by atoms with Crippen molar-refractivity contribution in [1.82, 2.24) is 14.5 Å². The van der Waals surface area contributed by atoms with E-state index in [-0.39, 0.29) is 23.3 Å². The summed E-state index contributed by atoms with van der Waals surface area (Å²) in [6, 6.07) is 13.5. The van der Waals surface area contributed by atoms with E-state index in [1.54, 1.807) is 36.4 Å². The highest BCUT2D eigenvalue weighted by molar-refractivity contribution is 7.89. The summed E-state index contributed by atoms with van der Waals surface area (Å²) >= 11 is 0. The average Bonchev–Trinajstić information content (AvgIpc) is 3.50. The zero-order valence-corrected chi connectivity index (χ0v) is 19.6. The monoisotopic (exact) mass is 470 g/mol. The van der Waals surface area contributed by atoms with Gasteiger partial charge in [-0.2, -0.15) is 0 Å². The van der Waals surface area contributed by atoms with Crippen molar-refractivity contribution in [2.24, 2.45) is 0 Å². The molecular formula is C24H30N4O4S. The SMILES string of the molecule is CC(=O)Nc1ccc(S(=O)(=O)NCc2ccc(C(=O)N3CCC(N4CCCC4)C3)cc2)cc1. The van der Waals surface area contributed by atoms with Gasteiger partial charge in [-0.05, 0) is 74.3 Å². The molecule has 9 heteroatoms. The largest absolute Gasteiger partial charge is 0.337 e. The lowest BCUT2D eigenvalue weighted by atomic mass is 10.1. The maximum atomic E-state index is 12.9. The van der Waals surface area contributed by atoms with E-state index >= 15 is 0 Å². The van der Waals surface area contributed by atoms with Crippen LogP contribution in [-0.4, -0.2) is 62.3 Å². The first-order chi connectivity index (χ1) is 15.8. The van der Waals surface area contributed by atoms with Crippen LogP contribution >= 0.6 is 0 Å². The number of nitrogens with one attached hydrogen (secondary N) is 2. The van der Waals surface area contributed by atoms with Gasteiger partial charge in [0, 0.05) is 43.9 Å². The first kappa shape index (κ1) is 23.4. The molecule has 0 spiro atoms. The maximum Gasteiger partial charge on any atom is 0.253 e. The summed E-state index contributed by atoms with van der Waals surface area (Å²) < 4.78 is 27.7. The number of rotatable bonds is 7. The van der Waals surface area contributed by atoms with Gasteiger partial charge in [-0.3, -0.25) is 14.5 Å². The van der Waals surface area contributed by atoms with Gasteiger partial charge in [0.25, 0.3) is 5.91 Å². The number of likely N-dealkylation sites (tertiary alicyclic amines) is 2. The number of amides is 2. The second-order valence-corrected chi connectivity index (χ2v) is 10.4. The Bertz CT molecular complexity index is 1090. The Balaban J connectivity index is 1.32. The van der Waals surface area contributed by atoms with Gasteiger partial charge in [0.15, 0.2) is 0 Å². The number of carbonyl (C=O) groups excluding carboxylic acids is 2. The van der Waals surface area contributed by atoms with Crippen LogP contribution in [0.4, 0.5) is 5.69 Å². The summed E-state index contributed by atoms with van der Waals surface area (Å²) in [5, 5.41) is 2.60. The van der Waals surface area contributed by atoms with Crippen LogP contribution < -0.4 is 10.0 Å². The van der Waals surface area contributed by atoms with E-state index in [0.717, 1.165) is 38.2 Å². The van der Waals surface area contributed by atoms with E-state index in [4.69, 9.17) is 0 Å². The predicted octanol–water partition coefficient (Wildman–Crippen LogP) is 2.43. The maximum absolute atomic E-state index is 12.9. The minimum atomic E-state index is -3.70. The average molecular weight is 471 g/mol. The molecule has 2 fully saturated rings. The molecule has 2 saturated heterocycles. The number of hydrogen-bond acceptors (Lipinski definition) is 5. The van der Waals surface area contributed by atoms with E-state index in [2.05, 4.69) is 14.9 Å². The molecule has 2 aromatic carbocycles. The smallest absolute Gasteiger partial charge is 0.253 e. The highest BCUT2D eigenvalue weighted by Gasteiger charge is 2.31. The minimum Gasteiger partial charge on any atom is -0.337 e. The third-order valence-corrected chi connectivity index (χ3v) is 7.68. The fraction of sp³-hybridized carbons (Fsp3) is 0.417. The molecule has 8 nitrogen and oxygen atoms in total. The van der Waals surface area contributed by atoms with Crippen molar-refractivity contribution in [3.63, 3.8) is 0 Å². The zero-order chi connectivity index (χ0) is 23.4. The van der Waals surface area contributed by atoms with E-state index < -0.39 is 10.0 Å². The molecule has 0 aliphatic carbocycles. The first-order valence-electron chi connectivity index (χ1n) is 11.3. The van der Waals surface area contributed by atoms with Gasteiger partial charge in [0.05, 0.1) is 4.90 Å². The van der Waals surface area contributed by atoms with Crippen molar-refractivity contribution >= 4 is 27.5 Å². The van der Waals surface area contributed by atoms with Crippen molar-refractivity contribution in [1.29, 1.82) is 0 Å². The van der Waals surface area contributed by atoms with Crippen molar-refractivity contribution in [3.05, 3.63) is 59.7 Å². The van der Waals surface area contributed by atoms with E-state index in [1.807, 2.05) is 4.90 Å². The molecule has 2 amide bonds. The Morgan fingerprint density at radius 3 is 2.27 bits per heavy atom. The van der Waals surface area contributed by atoms with Gasteiger partial charge in [-0.25, -0.2) is 13.1 Å². The second kappa shape index (κ2) is 10.0. The highest BCUT2D eigenvalue weighted by atomic mass is 32.2. The van der Waals surface area contributed by atoms with Crippen LogP contribution in [-0.2, 0) is 21.4 Å². The van der Waals surface area contributed by atoms with E-state index in [1.165, 1.54) is 31.9 Å². The van der Waals surface area contributed by atoms with Gasteiger partial charge in [-0.1, -0.05) is 12.1 Å². The topological polar surface area (TPSA) is 98.8 Å². The van der Waals surface area contributed by atoms with Gasteiger partial charge < -0.3 is 10.2 Å².